The van der Waals surface area contributed by atoms with Crippen molar-refractivity contribution in [3.05, 3.63) is 12.2 Å². The van der Waals surface area contributed by atoms with E-state index in [1.807, 2.05) is 0 Å². The Balaban J connectivity index is 2.44. The summed E-state index contributed by atoms with van der Waals surface area (Å²) in [5.41, 5.74) is 0. The molecule has 0 aliphatic carbocycles. The molecule has 0 aromatic rings. The van der Waals surface area contributed by atoms with Crippen molar-refractivity contribution in [1.82, 2.24) is 0 Å². The molecule has 0 saturated carbocycles. The summed E-state index contributed by atoms with van der Waals surface area (Å²) in [6, 6.07) is 0. The highest BCUT2D eigenvalue weighted by Gasteiger charge is 2.31. The van der Waals surface area contributed by atoms with Crippen molar-refractivity contribution < 1.29 is 28.5 Å². The first-order valence-electron chi connectivity index (χ1n) is 8.35. The zero-order valence-electron chi connectivity index (χ0n) is 14.3. The summed E-state index contributed by atoms with van der Waals surface area (Å²) in [5.74, 6) is -1.76. The molecule has 6 nitrogen and oxygen atoms in total. The summed E-state index contributed by atoms with van der Waals surface area (Å²) in [6.45, 7) is 7.13. The molecule has 0 aromatic heterocycles. The van der Waals surface area contributed by atoms with E-state index in [9.17, 15) is 9.59 Å². The van der Waals surface area contributed by atoms with Gasteiger partial charge in [-0.1, -0.05) is 19.1 Å². The molecule has 1 rings (SSSR count). The molecule has 1 aliphatic rings. The second-order valence-electron chi connectivity index (χ2n) is 5.33. The molecular formula is C17H28O6. The Bertz CT molecular complexity index is 367. The molecule has 132 valence electrons. The van der Waals surface area contributed by atoms with Crippen LogP contribution >= 0.6 is 0 Å². The Hall–Kier alpha value is -1.40. The highest BCUT2D eigenvalue weighted by Crippen LogP contribution is 2.20. The van der Waals surface area contributed by atoms with E-state index in [-0.39, 0.29) is 25.6 Å². The van der Waals surface area contributed by atoms with Crippen molar-refractivity contribution in [2.45, 2.75) is 46.3 Å². The van der Waals surface area contributed by atoms with Crippen molar-refractivity contribution in [3.63, 3.8) is 0 Å². The second-order valence-corrected chi connectivity index (χ2v) is 5.33. The van der Waals surface area contributed by atoms with Gasteiger partial charge in [0.05, 0.1) is 26.4 Å². The van der Waals surface area contributed by atoms with Crippen LogP contribution in [-0.2, 0) is 28.5 Å². The largest absolute Gasteiger partial charge is 0.465 e. The third kappa shape index (κ3) is 7.14. The molecule has 1 aliphatic heterocycles. The molecule has 0 N–H and O–H groups in total. The lowest BCUT2D eigenvalue weighted by Crippen LogP contribution is -2.34. The van der Waals surface area contributed by atoms with Crippen LogP contribution in [0.25, 0.3) is 0 Å². The predicted molar refractivity (Wildman–Crippen MR) is 84.6 cm³/mol. The molecule has 0 radical (unpaired) electrons. The molecule has 6 heteroatoms. The van der Waals surface area contributed by atoms with Gasteiger partial charge < -0.3 is 18.9 Å². The van der Waals surface area contributed by atoms with E-state index in [0.717, 1.165) is 6.42 Å². The van der Waals surface area contributed by atoms with E-state index in [1.165, 1.54) is 0 Å². The summed E-state index contributed by atoms with van der Waals surface area (Å²) in [6.07, 6.45) is 5.52. The second kappa shape index (κ2) is 11.2. The maximum atomic E-state index is 11.9. The van der Waals surface area contributed by atoms with Gasteiger partial charge in [0.2, 0.25) is 0 Å². The maximum absolute atomic E-state index is 11.9. The van der Waals surface area contributed by atoms with Crippen LogP contribution in [0.4, 0.5) is 0 Å². The van der Waals surface area contributed by atoms with Crippen molar-refractivity contribution in [3.8, 4) is 0 Å². The van der Waals surface area contributed by atoms with Crippen LogP contribution in [0.2, 0.25) is 0 Å². The van der Waals surface area contributed by atoms with E-state index in [1.54, 1.807) is 13.8 Å². The van der Waals surface area contributed by atoms with Gasteiger partial charge in [0.25, 0.3) is 0 Å². The topological polar surface area (TPSA) is 71.1 Å². The Morgan fingerprint density at radius 1 is 1.09 bits per heavy atom. The lowest BCUT2D eigenvalue weighted by atomic mass is 10.0. The van der Waals surface area contributed by atoms with Crippen molar-refractivity contribution in [1.29, 1.82) is 0 Å². The highest BCUT2D eigenvalue weighted by molar-refractivity contribution is 5.94. The monoisotopic (exact) mass is 328 g/mol. The van der Waals surface area contributed by atoms with Crippen LogP contribution in [-0.4, -0.2) is 44.7 Å². The molecule has 1 saturated heterocycles. The third-order valence-corrected chi connectivity index (χ3v) is 3.47. The Morgan fingerprint density at radius 2 is 1.65 bits per heavy atom. The van der Waals surface area contributed by atoms with Crippen molar-refractivity contribution in [2.75, 3.05) is 26.4 Å². The summed E-state index contributed by atoms with van der Waals surface area (Å²) in [5, 5.41) is 0. The summed E-state index contributed by atoms with van der Waals surface area (Å²) in [4.78, 5) is 23.8. The van der Waals surface area contributed by atoms with Gasteiger partial charge >= 0.3 is 11.9 Å². The lowest BCUT2D eigenvalue weighted by molar-refractivity contribution is -0.198. The minimum absolute atomic E-state index is 0.233. The summed E-state index contributed by atoms with van der Waals surface area (Å²) < 4.78 is 21.2. The molecule has 1 heterocycles. The van der Waals surface area contributed by atoms with Gasteiger partial charge in [-0.25, -0.2) is 0 Å². The fourth-order valence-electron chi connectivity index (χ4n) is 2.28. The van der Waals surface area contributed by atoms with Gasteiger partial charge in [-0.2, -0.15) is 0 Å². The summed E-state index contributed by atoms with van der Waals surface area (Å²) >= 11 is 0. The fraction of sp³-hybridized carbons (Fsp3) is 0.765. The Morgan fingerprint density at radius 3 is 2.13 bits per heavy atom. The minimum Gasteiger partial charge on any atom is -0.465 e. The number of carbonyl (C=O) groups excluding carboxylic acids is 2. The fourth-order valence-corrected chi connectivity index (χ4v) is 2.28. The first kappa shape index (κ1) is 19.6. The molecule has 0 atom stereocenters. The normalized spacial score (nSPS) is 21.6. The number of rotatable bonds is 9. The average Bonchev–Trinajstić information content (AvgIpc) is 2.55. The highest BCUT2D eigenvalue weighted by atomic mass is 16.7. The Labute approximate surface area is 138 Å². The smallest absolute Gasteiger partial charge is 0.320 e. The quantitative estimate of drug-likeness (QED) is 0.368. The predicted octanol–water partition coefficient (Wildman–Crippen LogP) is 2.46. The van der Waals surface area contributed by atoms with E-state index >= 15 is 0 Å². The SMILES string of the molecule is CCC=CC1COC(CCC(C(=O)OCC)C(=O)OCC)OC1. The average molecular weight is 328 g/mol. The minimum atomic E-state index is -0.917. The van der Waals surface area contributed by atoms with Gasteiger partial charge in [-0.15, -0.1) is 0 Å². The molecule has 0 spiro atoms. The van der Waals surface area contributed by atoms with Crippen LogP contribution < -0.4 is 0 Å². The van der Waals surface area contributed by atoms with E-state index in [4.69, 9.17) is 18.9 Å². The van der Waals surface area contributed by atoms with E-state index < -0.39 is 24.1 Å². The molecule has 1 fully saturated rings. The molecule has 0 amide bonds. The van der Waals surface area contributed by atoms with E-state index in [0.29, 0.717) is 19.6 Å². The van der Waals surface area contributed by atoms with Gasteiger partial charge in [-0.05, 0) is 33.1 Å². The van der Waals surface area contributed by atoms with Crippen LogP contribution in [0.15, 0.2) is 12.2 Å². The molecule has 0 aromatic carbocycles. The van der Waals surface area contributed by atoms with Gasteiger partial charge in [0.15, 0.2) is 12.2 Å². The molecule has 0 unspecified atom stereocenters. The number of allylic oxidation sites excluding steroid dienone is 1. The summed E-state index contributed by atoms with van der Waals surface area (Å²) in [7, 11) is 0. The van der Waals surface area contributed by atoms with Gasteiger partial charge in [0.1, 0.15) is 0 Å². The first-order valence-corrected chi connectivity index (χ1v) is 8.35. The zero-order valence-corrected chi connectivity index (χ0v) is 14.3. The number of carbonyl (C=O) groups is 2. The number of hydrogen-bond donors (Lipinski definition) is 0. The standard InChI is InChI=1S/C17H28O6/c1-4-7-8-13-11-22-15(23-12-13)10-9-14(16(18)20-5-2)17(19)21-6-3/h7-8,13-15H,4-6,9-12H2,1-3H3. The lowest BCUT2D eigenvalue weighted by Gasteiger charge is -2.28. The van der Waals surface area contributed by atoms with Gasteiger partial charge in [-0.3, -0.25) is 9.59 Å². The first-order chi connectivity index (χ1) is 11.1. The molecular weight excluding hydrogens is 300 g/mol. The van der Waals surface area contributed by atoms with Crippen molar-refractivity contribution >= 4 is 11.9 Å². The number of hydrogen-bond acceptors (Lipinski definition) is 6. The van der Waals surface area contributed by atoms with Gasteiger partial charge in [0, 0.05) is 5.92 Å². The van der Waals surface area contributed by atoms with Crippen LogP contribution in [0.5, 0.6) is 0 Å². The number of ether oxygens (including phenoxy) is 4. The zero-order chi connectivity index (χ0) is 17.1. The van der Waals surface area contributed by atoms with Crippen molar-refractivity contribution in [2.24, 2.45) is 11.8 Å². The van der Waals surface area contributed by atoms with Crippen LogP contribution in [0, 0.1) is 11.8 Å². The number of esters is 2. The molecule has 0 bridgehead atoms. The van der Waals surface area contributed by atoms with E-state index in [2.05, 4.69) is 19.1 Å². The molecule has 23 heavy (non-hydrogen) atoms. The van der Waals surface area contributed by atoms with Crippen LogP contribution in [0.1, 0.15) is 40.0 Å². The third-order valence-electron chi connectivity index (χ3n) is 3.47. The Kier molecular flexibility index (Phi) is 9.55. The maximum Gasteiger partial charge on any atom is 0.320 e. The van der Waals surface area contributed by atoms with Crippen LogP contribution in [0.3, 0.4) is 0 Å².